The van der Waals surface area contributed by atoms with Gasteiger partial charge in [-0.05, 0) is 29.8 Å². The highest BCUT2D eigenvalue weighted by Crippen LogP contribution is 2.19. The van der Waals surface area contributed by atoms with Crippen LogP contribution in [0, 0.1) is 0 Å². The summed E-state index contributed by atoms with van der Waals surface area (Å²) in [6.07, 6.45) is 2.01. The minimum absolute atomic E-state index is 0.0271. The maximum atomic E-state index is 12.7. The first kappa shape index (κ1) is 20.1. The molecule has 2 aromatic carbocycles. The minimum atomic E-state index is 0.0271. The van der Waals surface area contributed by atoms with Gasteiger partial charge in [0.25, 0.3) is 0 Å². The van der Waals surface area contributed by atoms with Crippen molar-refractivity contribution >= 4 is 28.8 Å². The van der Waals surface area contributed by atoms with Crippen LogP contribution in [0.15, 0.2) is 72.6 Å². The van der Waals surface area contributed by atoms with Gasteiger partial charge in [0, 0.05) is 23.5 Å². The first-order valence-corrected chi connectivity index (χ1v) is 10.1. The largest absolute Gasteiger partial charge is 0.486 e. The van der Waals surface area contributed by atoms with Gasteiger partial charge in [-0.15, -0.1) is 17.9 Å². The van der Waals surface area contributed by atoms with Crippen LogP contribution in [0.1, 0.15) is 16.3 Å². The molecule has 0 atom stereocenters. The van der Waals surface area contributed by atoms with Crippen LogP contribution in [-0.4, -0.2) is 22.3 Å². The Morgan fingerprint density at radius 3 is 2.64 bits per heavy atom. The van der Waals surface area contributed by atoms with Gasteiger partial charge in [0.05, 0.1) is 12.1 Å². The minimum Gasteiger partial charge on any atom is -0.486 e. The number of benzene rings is 2. The molecule has 0 saturated heterocycles. The van der Waals surface area contributed by atoms with Crippen LogP contribution < -0.4 is 4.74 Å². The highest BCUT2D eigenvalue weighted by molar-refractivity contribution is 7.09. The van der Waals surface area contributed by atoms with Crippen molar-refractivity contribution in [1.82, 2.24) is 9.88 Å². The number of amides is 1. The number of hydrogen-bond donors (Lipinski definition) is 0. The van der Waals surface area contributed by atoms with Crippen molar-refractivity contribution in [3.05, 3.63) is 93.9 Å². The number of halogens is 1. The molecule has 0 N–H and O–H groups in total. The Morgan fingerprint density at radius 1 is 1.18 bits per heavy atom. The summed E-state index contributed by atoms with van der Waals surface area (Å²) in [5.41, 5.74) is 1.85. The molecule has 28 heavy (non-hydrogen) atoms. The third-order valence-electron chi connectivity index (χ3n) is 4.03. The maximum Gasteiger partial charge on any atom is 0.229 e. The van der Waals surface area contributed by atoms with Crippen LogP contribution in [0.25, 0.3) is 0 Å². The second kappa shape index (κ2) is 10.1. The van der Waals surface area contributed by atoms with E-state index in [4.69, 9.17) is 16.3 Å². The Hall–Kier alpha value is -2.63. The molecule has 0 saturated carbocycles. The number of rotatable bonds is 9. The average Bonchev–Trinajstić information content (AvgIpc) is 3.15. The topological polar surface area (TPSA) is 42.4 Å². The SMILES string of the molecule is C=CCN(Cc1ccccc1)C(=O)Cc1csc(COc2ccc(Cl)cc2)n1. The molecule has 6 heteroatoms. The van der Waals surface area contributed by atoms with Crippen LogP contribution in [0.2, 0.25) is 5.02 Å². The van der Waals surface area contributed by atoms with E-state index in [1.54, 1.807) is 23.1 Å². The lowest BCUT2D eigenvalue weighted by Crippen LogP contribution is -2.32. The summed E-state index contributed by atoms with van der Waals surface area (Å²) < 4.78 is 5.71. The van der Waals surface area contributed by atoms with Crippen molar-refractivity contribution in [2.24, 2.45) is 0 Å². The summed E-state index contributed by atoms with van der Waals surface area (Å²) in [4.78, 5) is 19.0. The van der Waals surface area contributed by atoms with Crippen LogP contribution in [0.5, 0.6) is 5.75 Å². The van der Waals surface area contributed by atoms with Gasteiger partial charge in [-0.3, -0.25) is 4.79 Å². The highest BCUT2D eigenvalue weighted by atomic mass is 35.5. The van der Waals surface area contributed by atoms with Crippen molar-refractivity contribution in [3.8, 4) is 5.75 Å². The molecule has 0 spiro atoms. The summed E-state index contributed by atoms with van der Waals surface area (Å²) in [6.45, 7) is 5.19. The third-order valence-corrected chi connectivity index (χ3v) is 5.15. The van der Waals surface area contributed by atoms with Crippen LogP contribution in [-0.2, 0) is 24.4 Å². The Bertz CT molecular complexity index is 910. The lowest BCUT2D eigenvalue weighted by atomic mass is 10.2. The van der Waals surface area contributed by atoms with Crippen molar-refractivity contribution in [1.29, 1.82) is 0 Å². The summed E-state index contributed by atoms with van der Waals surface area (Å²) in [5.74, 6) is 0.761. The average molecular weight is 413 g/mol. The Kier molecular flexibility index (Phi) is 7.23. The number of ether oxygens (including phenoxy) is 1. The molecule has 0 aliphatic heterocycles. The first-order valence-electron chi connectivity index (χ1n) is 8.88. The van der Waals surface area contributed by atoms with E-state index in [2.05, 4.69) is 11.6 Å². The van der Waals surface area contributed by atoms with Crippen molar-refractivity contribution in [2.75, 3.05) is 6.54 Å². The molecule has 3 aromatic rings. The third kappa shape index (κ3) is 5.94. The van der Waals surface area contributed by atoms with Gasteiger partial charge < -0.3 is 9.64 Å². The second-order valence-corrected chi connectivity index (χ2v) is 7.58. The Labute approximate surface area is 174 Å². The monoisotopic (exact) mass is 412 g/mol. The normalized spacial score (nSPS) is 10.5. The fourth-order valence-electron chi connectivity index (χ4n) is 2.65. The quantitative estimate of drug-likeness (QED) is 0.457. The van der Waals surface area contributed by atoms with Gasteiger partial charge in [0.2, 0.25) is 5.91 Å². The number of hydrogen-bond acceptors (Lipinski definition) is 4. The lowest BCUT2D eigenvalue weighted by Gasteiger charge is -2.21. The Balaban J connectivity index is 1.56. The zero-order valence-electron chi connectivity index (χ0n) is 15.4. The van der Waals surface area contributed by atoms with Crippen molar-refractivity contribution < 1.29 is 9.53 Å². The predicted molar refractivity (Wildman–Crippen MR) is 114 cm³/mol. The smallest absolute Gasteiger partial charge is 0.229 e. The predicted octanol–water partition coefficient (Wildman–Crippen LogP) is 5.13. The van der Waals surface area contributed by atoms with Crippen molar-refractivity contribution in [2.45, 2.75) is 19.6 Å². The van der Waals surface area contributed by atoms with E-state index < -0.39 is 0 Å². The molecular weight excluding hydrogens is 392 g/mol. The van der Waals surface area contributed by atoms with E-state index in [-0.39, 0.29) is 12.3 Å². The number of thiazole rings is 1. The molecule has 144 valence electrons. The van der Waals surface area contributed by atoms with Gasteiger partial charge >= 0.3 is 0 Å². The van der Waals surface area contributed by atoms with E-state index in [1.807, 2.05) is 47.8 Å². The molecule has 0 unspecified atom stereocenters. The number of carbonyl (C=O) groups excluding carboxylic acids is 1. The van der Waals surface area contributed by atoms with Crippen molar-refractivity contribution in [3.63, 3.8) is 0 Å². The number of aromatic nitrogens is 1. The summed E-state index contributed by atoms with van der Waals surface area (Å²) >= 11 is 7.36. The summed E-state index contributed by atoms with van der Waals surface area (Å²) in [6, 6.07) is 17.1. The van der Waals surface area contributed by atoms with E-state index in [1.165, 1.54) is 11.3 Å². The van der Waals surface area contributed by atoms with Gasteiger partial charge in [0.1, 0.15) is 17.4 Å². The van der Waals surface area contributed by atoms with Gasteiger partial charge in [-0.2, -0.15) is 0 Å². The molecule has 0 fully saturated rings. The second-order valence-electron chi connectivity index (χ2n) is 6.20. The van der Waals surface area contributed by atoms with Crippen LogP contribution >= 0.6 is 22.9 Å². The molecule has 1 amide bonds. The molecule has 0 aliphatic carbocycles. The van der Waals surface area contributed by atoms with Gasteiger partial charge in [0.15, 0.2) is 0 Å². The molecular formula is C22H21ClN2O2S. The van der Waals surface area contributed by atoms with E-state index >= 15 is 0 Å². The summed E-state index contributed by atoms with van der Waals surface area (Å²) in [5, 5.41) is 3.41. The van der Waals surface area contributed by atoms with Crippen LogP contribution in [0.4, 0.5) is 0 Å². The van der Waals surface area contributed by atoms with E-state index in [0.29, 0.717) is 24.7 Å². The van der Waals surface area contributed by atoms with Gasteiger partial charge in [-0.25, -0.2) is 4.98 Å². The zero-order valence-corrected chi connectivity index (χ0v) is 17.0. The lowest BCUT2D eigenvalue weighted by molar-refractivity contribution is -0.130. The molecule has 1 heterocycles. The fraction of sp³-hybridized carbons (Fsp3) is 0.182. The molecule has 0 bridgehead atoms. The van der Waals surface area contributed by atoms with Gasteiger partial charge in [-0.1, -0.05) is 48.0 Å². The number of nitrogens with zero attached hydrogens (tertiary/aromatic N) is 2. The first-order chi connectivity index (χ1) is 13.6. The summed E-state index contributed by atoms with van der Waals surface area (Å²) in [7, 11) is 0. The van der Waals surface area contributed by atoms with E-state index in [9.17, 15) is 4.79 Å². The zero-order chi connectivity index (χ0) is 19.8. The number of carbonyl (C=O) groups is 1. The molecule has 4 nitrogen and oxygen atoms in total. The Morgan fingerprint density at radius 2 is 1.93 bits per heavy atom. The molecule has 0 radical (unpaired) electrons. The van der Waals surface area contributed by atoms with Crippen LogP contribution in [0.3, 0.4) is 0 Å². The standard InChI is InChI=1S/C22H21ClN2O2S/c1-2-12-25(14-17-6-4-3-5-7-17)22(26)13-19-16-28-21(24-19)15-27-20-10-8-18(23)9-11-20/h2-11,16H,1,12-15H2. The molecule has 3 rings (SSSR count). The maximum absolute atomic E-state index is 12.7. The fourth-order valence-corrected chi connectivity index (χ4v) is 3.48. The molecule has 1 aromatic heterocycles. The van der Waals surface area contributed by atoms with E-state index in [0.717, 1.165) is 22.0 Å². The highest BCUT2D eigenvalue weighted by Gasteiger charge is 2.15. The molecule has 0 aliphatic rings.